The lowest BCUT2D eigenvalue weighted by atomic mass is 10.1. The van der Waals surface area contributed by atoms with Crippen LogP contribution in [0.2, 0.25) is 0 Å². The van der Waals surface area contributed by atoms with Gasteiger partial charge in [0.25, 0.3) is 11.8 Å². The minimum absolute atomic E-state index is 0.345. The average molecular weight is 490 g/mol. The van der Waals surface area contributed by atoms with Gasteiger partial charge >= 0.3 is 0 Å². The molecule has 2 heterocycles. The van der Waals surface area contributed by atoms with E-state index >= 15 is 0 Å². The molecule has 1 aliphatic heterocycles. The van der Waals surface area contributed by atoms with Crippen molar-refractivity contribution in [3.05, 3.63) is 138 Å². The second kappa shape index (κ2) is 8.29. The lowest BCUT2D eigenvalue weighted by Crippen LogP contribution is -2.29. The number of anilines is 1. The number of hydrogen-bond donors (Lipinski definition) is 0. The zero-order valence-electron chi connectivity index (χ0n) is 20.1. The number of benzene rings is 5. The van der Waals surface area contributed by atoms with Crippen molar-refractivity contribution in [2.75, 3.05) is 4.90 Å². The first kappa shape index (κ1) is 21.8. The molecule has 7 rings (SSSR count). The number of imide groups is 1. The van der Waals surface area contributed by atoms with Crippen LogP contribution in [0.3, 0.4) is 0 Å². The number of carbonyl (C=O) groups excluding carboxylic acids is 2. The van der Waals surface area contributed by atoms with Crippen molar-refractivity contribution in [1.29, 1.82) is 0 Å². The third kappa shape index (κ3) is 3.11. The fourth-order valence-corrected chi connectivity index (χ4v) is 5.41. The molecule has 1 aromatic heterocycles. The third-order valence-corrected chi connectivity index (χ3v) is 7.15. The Morgan fingerprint density at radius 2 is 1.32 bits per heavy atom. The molecule has 2 amide bonds. The van der Waals surface area contributed by atoms with Crippen molar-refractivity contribution < 1.29 is 9.59 Å². The highest BCUT2D eigenvalue weighted by atomic mass is 16.2. The zero-order valence-corrected chi connectivity index (χ0v) is 20.1. The molecule has 0 saturated heterocycles. The molecule has 0 saturated carbocycles. The summed E-state index contributed by atoms with van der Waals surface area (Å²) in [7, 11) is 0. The number of para-hydroxylation sites is 1. The fourth-order valence-electron chi connectivity index (χ4n) is 5.41. The first-order chi connectivity index (χ1) is 18.7. The number of aromatic nitrogens is 1. The van der Waals surface area contributed by atoms with Crippen molar-refractivity contribution in [3.63, 3.8) is 0 Å². The van der Waals surface area contributed by atoms with Crippen LogP contribution in [0, 0.1) is 6.57 Å². The molecule has 178 valence electrons. The molecular formula is C33H19N3O2. The highest BCUT2D eigenvalue weighted by Crippen LogP contribution is 2.38. The predicted molar refractivity (Wildman–Crippen MR) is 150 cm³/mol. The lowest BCUT2D eigenvalue weighted by Gasteiger charge is -2.15. The van der Waals surface area contributed by atoms with Crippen LogP contribution in [0.1, 0.15) is 20.7 Å². The number of hydrogen-bond acceptors (Lipinski definition) is 2. The van der Waals surface area contributed by atoms with Gasteiger partial charge in [0.05, 0.1) is 34.6 Å². The van der Waals surface area contributed by atoms with E-state index in [-0.39, 0.29) is 11.8 Å². The molecule has 0 bridgehead atoms. The molecule has 0 aliphatic carbocycles. The quantitative estimate of drug-likeness (QED) is 0.188. The number of amides is 2. The van der Waals surface area contributed by atoms with Crippen LogP contribution in [0.15, 0.2) is 115 Å². The normalized spacial score (nSPS) is 12.8. The minimum atomic E-state index is -0.361. The van der Waals surface area contributed by atoms with Crippen LogP contribution < -0.4 is 4.90 Å². The summed E-state index contributed by atoms with van der Waals surface area (Å²) in [6.07, 6.45) is 0. The Balaban J connectivity index is 1.39. The number of nitrogens with zero attached hydrogens (tertiary/aromatic N) is 3. The number of fused-ring (bicyclic) bond motifs is 4. The lowest BCUT2D eigenvalue weighted by molar-refractivity contribution is 0.0926. The molecule has 0 fully saturated rings. The van der Waals surface area contributed by atoms with Gasteiger partial charge in [-0.3, -0.25) is 9.59 Å². The molecule has 5 aromatic carbocycles. The molecule has 5 heteroatoms. The maximum absolute atomic E-state index is 13.9. The second-order valence-electron chi connectivity index (χ2n) is 9.22. The van der Waals surface area contributed by atoms with E-state index in [4.69, 9.17) is 6.57 Å². The summed E-state index contributed by atoms with van der Waals surface area (Å²) in [5.41, 5.74) is 6.19. The summed E-state index contributed by atoms with van der Waals surface area (Å²) in [6.45, 7) is 7.51. The van der Waals surface area contributed by atoms with E-state index < -0.39 is 0 Å². The Morgan fingerprint density at radius 1 is 0.605 bits per heavy atom. The number of carbonyl (C=O) groups is 2. The van der Waals surface area contributed by atoms with Crippen molar-refractivity contribution in [3.8, 4) is 16.8 Å². The number of rotatable bonds is 3. The molecule has 0 radical (unpaired) electrons. The van der Waals surface area contributed by atoms with Gasteiger partial charge in [0.1, 0.15) is 0 Å². The van der Waals surface area contributed by atoms with E-state index in [9.17, 15) is 9.59 Å². The van der Waals surface area contributed by atoms with Crippen LogP contribution in [0.5, 0.6) is 0 Å². The van der Waals surface area contributed by atoms with Gasteiger partial charge in [-0.25, -0.2) is 9.74 Å². The van der Waals surface area contributed by atoms with Crippen LogP contribution >= 0.6 is 0 Å². The van der Waals surface area contributed by atoms with Gasteiger partial charge in [0.2, 0.25) is 0 Å². The Morgan fingerprint density at radius 3 is 2.11 bits per heavy atom. The summed E-state index contributed by atoms with van der Waals surface area (Å²) in [4.78, 5) is 32.3. The van der Waals surface area contributed by atoms with Gasteiger partial charge in [-0.2, -0.15) is 0 Å². The maximum Gasteiger partial charge on any atom is 0.268 e. The second-order valence-corrected chi connectivity index (χ2v) is 9.22. The van der Waals surface area contributed by atoms with Gasteiger partial charge in [-0.1, -0.05) is 78.9 Å². The van der Waals surface area contributed by atoms with Crippen LogP contribution in [-0.4, -0.2) is 16.4 Å². The molecule has 6 aromatic rings. The van der Waals surface area contributed by atoms with Gasteiger partial charge in [0, 0.05) is 16.3 Å². The van der Waals surface area contributed by atoms with E-state index in [2.05, 4.69) is 4.85 Å². The SMILES string of the molecule is [C-]#[N+]c1ccc2c3ccccc3n(-c3cccc4c3C(=O)N(c3ccc(-c5ccccc5)cc3)C4=O)c2c1. The van der Waals surface area contributed by atoms with E-state index in [1.54, 1.807) is 18.2 Å². The largest absolute Gasteiger partial charge is 0.310 e. The molecule has 38 heavy (non-hydrogen) atoms. The Kier molecular flexibility index (Phi) is 4.75. The molecular weight excluding hydrogens is 470 g/mol. The van der Waals surface area contributed by atoms with Crippen molar-refractivity contribution in [2.45, 2.75) is 0 Å². The molecule has 0 spiro atoms. The van der Waals surface area contributed by atoms with Gasteiger partial charge in [-0.15, -0.1) is 0 Å². The van der Waals surface area contributed by atoms with E-state index in [1.165, 1.54) is 4.90 Å². The highest BCUT2D eigenvalue weighted by molar-refractivity contribution is 6.35. The highest BCUT2D eigenvalue weighted by Gasteiger charge is 2.39. The Bertz CT molecular complexity index is 1960. The van der Waals surface area contributed by atoms with Crippen molar-refractivity contribution >= 4 is 45.0 Å². The van der Waals surface area contributed by atoms with Gasteiger partial charge < -0.3 is 4.57 Å². The zero-order chi connectivity index (χ0) is 25.8. The minimum Gasteiger partial charge on any atom is -0.310 e. The maximum atomic E-state index is 13.9. The fraction of sp³-hybridized carbons (Fsp3) is 0. The van der Waals surface area contributed by atoms with Gasteiger partial charge in [0.15, 0.2) is 5.69 Å². The summed E-state index contributed by atoms with van der Waals surface area (Å²) >= 11 is 0. The van der Waals surface area contributed by atoms with E-state index in [0.29, 0.717) is 28.2 Å². The molecule has 0 N–H and O–H groups in total. The molecule has 1 aliphatic rings. The summed E-state index contributed by atoms with van der Waals surface area (Å²) in [5.74, 6) is -0.706. The van der Waals surface area contributed by atoms with Crippen molar-refractivity contribution in [1.82, 2.24) is 4.57 Å². The average Bonchev–Trinajstić information content (AvgIpc) is 3.44. The van der Waals surface area contributed by atoms with Crippen molar-refractivity contribution in [2.24, 2.45) is 0 Å². The van der Waals surface area contributed by atoms with Crippen LogP contribution in [0.25, 0.3) is 43.5 Å². The first-order valence-corrected chi connectivity index (χ1v) is 12.2. The van der Waals surface area contributed by atoms with E-state index in [1.807, 2.05) is 102 Å². The van der Waals surface area contributed by atoms with E-state index in [0.717, 1.165) is 32.9 Å². The van der Waals surface area contributed by atoms with Gasteiger partial charge in [-0.05, 0) is 47.5 Å². The van der Waals surface area contributed by atoms with Crippen LogP contribution in [0.4, 0.5) is 11.4 Å². The third-order valence-electron chi connectivity index (χ3n) is 7.15. The smallest absolute Gasteiger partial charge is 0.268 e. The topological polar surface area (TPSA) is 46.7 Å². The first-order valence-electron chi connectivity index (χ1n) is 12.2. The summed E-state index contributed by atoms with van der Waals surface area (Å²) < 4.78 is 1.99. The standard InChI is InChI=1S/C33H19N3O2/c1-34-23-16-19-26-25-10-5-6-12-28(25)36(30(26)20-23)29-13-7-11-27-31(29)33(38)35(32(27)37)24-17-14-22(15-18-24)21-8-3-2-4-9-21/h2-20H. The summed E-state index contributed by atoms with van der Waals surface area (Å²) in [6, 6.07) is 36.3. The van der Waals surface area contributed by atoms with Crippen LogP contribution in [-0.2, 0) is 0 Å². The molecule has 5 nitrogen and oxygen atoms in total. The monoisotopic (exact) mass is 489 g/mol. The predicted octanol–water partition coefficient (Wildman–Crippen LogP) is 7.80. The molecule has 0 atom stereocenters. The Labute approximate surface area is 218 Å². The molecule has 0 unspecified atom stereocenters. The Hall–Kier alpha value is -5.47. The summed E-state index contributed by atoms with van der Waals surface area (Å²) in [5, 5.41) is 2.00.